The van der Waals surface area contributed by atoms with Crippen LogP contribution >= 0.6 is 34.7 Å². The Bertz CT molecular complexity index is 944. The Hall–Kier alpha value is -2.43. The molecule has 0 saturated heterocycles. The molecule has 11 heteroatoms. The van der Waals surface area contributed by atoms with Crippen LogP contribution in [0.4, 0.5) is 5.13 Å². The SMILES string of the molecule is Cn1c(CNC(=O)c2ccccc2Cl)nnc1SCC(=O)Nc1nccs1. The molecule has 2 heterocycles. The third kappa shape index (κ3) is 5.06. The Morgan fingerprint density at radius 2 is 2.11 bits per heavy atom. The van der Waals surface area contributed by atoms with Crippen molar-refractivity contribution in [2.24, 2.45) is 7.05 Å². The van der Waals surface area contributed by atoms with Crippen molar-refractivity contribution in [1.29, 1.82) is 0 Å². The van der Waals surface area contributed by atoms with Gasteiger partial charge in [0.05, 0.1) is 22.9 Å². The van der Waals surface area contributed by atoms with Crippen LogP contribution in [0.15, 0.2) is 41.0 Å². The molecular formula is C16H15ClN6O2S2. The summed E-state index contributed by atoms with van der Waals surface area (Å²) in [5.41, 5.74) is 0.398. The van der Waals surface area contributed by atoms with Gasteiger partial charge in [-0.15, -0.1) is 21.5 Å². The van der Waals surface area contributed by atoms with E-state index in [2.05, 4.69) is 25.8 Å². The molecule has 0 aliphatic rings. The second-order valence-electron chi connectivity index (χ2n) is 5.29. The molecule has 3 aromatic rings. The lowest BCUT2D eigenvalue weighted by Gasteiger charge is -2.07. The number of nitrogens with zero attached hydrogens (tertiary/aromatic N) is 4. The molecule has 0 atom stereocenters. The smallest absolute Gasteiger partial charge is 0.253 e. The Balaban J connectivity index is 1.53. The highest BCUT2D eigenvalue weighted by molar-refractivity contribution is 7.99. The molecule has 3 rings (SSSR count). The van der Waals surface area contributed by atoms with Crippen molar-refractivity contribution in [2.75, 3.05) is 11.1 Å². The second kappa shape index (κ2) is 8.98. The van der Waals surface area contributed by atoms with Crippen molar-refractivity contribution in [3.05, 3.63) is 52.3 Å². The monoisotopic (exact) mass is 422 g/mol. The van der Waals surface area contributed by atoms with Crippen molar-refractivity contribution >= 4 is 51.6 Å². The van der Waals surface area contributed by atoms with Crippen LogP contribution in [0.25, 0.3) is 0 Å². The first-order chi connectivity index (χ1) is 13.0. The Labute approximate surface area is 168 Å². The number of carbonyl (C=O) groups is 2. The van der Waals surface area contributed by atoms with Gasteiger partial charge in [-0.1, -0.05) is 35.5 Å². The van der Waals surface area contributed by atoms with Gasteiger partial charge in [0.15, 0.2) is 16.1 Å². The topological polar surface area (TPSA) is 102 Å². The zero-order valence-corrected chi connectivity index (χ0v) is 16.6. The lowest BCUT2D eigenvalue weighted by atomic mass is 10.2. The summed E-state index contributed by atoms with van der Waals surface area (Å²) in [4.78, 5) is 28.1. The predicted octanol–water partition coefficient (Wildman–Crippen LogP) is 2.59. The van der Waals surface area contributed by atoms with Crippen LogP contribution in [0.3, 0.4) is 0 Å². The fraction of sp³-hybridized carbons (Fsp3) is 0.188. The number of thiazole rings is 1. The molecule has 0 spiro atoms. The molecule has 0 fully saturated rings. The molecule has 0 saturated carbocycles. The Morgan fingerprint density at radius 1 is 1.30 bits per heavy atom. The van der Waals surface area contributed by atoms with Crippen molar-refractivity contribution in [3.63, 3.8) is 0 Å². The van der Waals surface area contributed by atoms with Crippen molar-refractivity contribution < 1.29 is 9.59 Å². The number of thioether (sulfide) groups is 1. The lowest BCUT2D eigenvalue weighted by Crippen LogP contribution is -2.24. The largest absolute Gasteiger partial charge is 0.345 e. The fourth-order valence-corrected chi connectivity index (χ4v) is 3.59. The molecule has 140 valence electrons. The summed E-state index contributed by atoms with van der Waals surface area (Å²) in [6.45, 7) is 0.194. The summed E-state index contributed by atoms with van der Waals surface area (Å²) in [6.07, 6.45) is 1.62. The van der Waals surface area contributed by atoms with Crippen LogP contribution in [0.2, 0.25) is 5.02 Å². The van der Waals surface area contributed by atoms with Gasteiger partial charge in [-0.25, -0.2) is 4.98 Å². The van der Waals surface area contributed by atoms with Crippen molar-refractivity contribution in [1.82, 2.24) is 25.1 Å². The van der Waals surface area contributed by atoms with Gasteiger partial charge in [0.25, 0.3) is 5.91 Å². The minimum absolute atomic E-state index is 0.175. The third-order valence-electron chi connectivity index (χ3n) is 3.46. The molecule has 2 N–H and O–H groups in total. The molecule has 0 aliphatic carbocycles. The Kier molecular flexibility index (Phi) is 6.43. The zero-order chi connectivity index (χ0) is 19.2. The number of aromatic nitrogens is 4. The summed E-state index contributed by atoms with van der Waals surface area (Å²) < 4.78 is 1.73. The highest BCUT2D eigenvalue weighted by atomic mass is 35.5. The van der Waals surface area contributed by atoms with Crippen LogP contribution in [0.5, 0.6) is 0 Å². The molecule has 0 aliphatic heterocycles. The van der Waals surface area contributed by atoms with E-state index in [9.17, 15) is 9.59 Å². The minimum atomic E-state index is -0.291. The number of nitrogens with one attached hydrogen (secondary N) is 2. The average molecular weight is 423 g/mol. The molecule has 8 nitrogen and oxygen atoms in total. The zero-order valence-electron chi connectivity index (χ0n) is 14.2. The van der Waals surface area contributed by atoms with Gasteiger partial charge < -0.3 is 15.2 Å². The molecule has 1 aromatic carbocycles. The van der Waals surface area contributed by atoms with Crippen LogP contribution in [0.1, 0.15) is 16.2 Å². The molecule has 0 unspecified atom stereocenters. The van der Waals surface area contributed by atoms with Gasteiger partial charge in [-0.2, -0.15) is 0 Å². The van der Waals surface area contributed by atoms with Gasteiger partial charge in [0.1, 0.15) is 0 Å². The summed E-state index contributed by atoms with van der Waals surface area (Å²) in [6, 6.07) is 6.81. The lowest BCUT2D eigenvalue weighted by molar-refractivity contribution is -0.113. The third-order valence-corrected chi connectivity index (χ3v) is 5.50. The quantitative estimate of drug-likeness (QED) is 0.567. The molecule has 0 radical (unpaired) electrons. The maximum Gasteiger partial charge on any atom is 0.253 e. The van der Waals surface area contributed by atoms with Crippen LogP contribution in [0, 0.1) is 0 Å². The molecule has 27 heavy (non-hydrogen) atoms. The number of hydrogen-bond acceptors (Lipinski definition) is 7. The number of carbonyl (C=O) groups excluding carboxylic acids is 2. The highest BCUT2D eigenvalue weighted by Crippen LogP contribution is 2.18. The first-order valence-electron chi connectivity index (χ1n) is 7.77. The van der Waals surface area contributed by atoms with E-state index in [0.29, 0.717) is 26.7 Å². The predicted molar refractivity (Wildman–Crippen MR) is 105 cm³/mol. The van der Waals surface area contributed by atoms with Crippen molar-refractivity contribution in [3.8, 4) is 0 Å². The number of rotatable bonds is 7. The fourth-order valence-electron chi connectivity index (χ4n) is 2.10. The molecular weight excluding hydrogens is 408 g/mol. The van der Waals surface area contributed by atoms with Gasteiger partial charge in [-0.3, -0.25) is 9.59 Å². The summed E-state index contributed by atoms with van der Waals surface area (Å²) >= 11 is 8.62. The first kappa shape index (κ1) is 19.3. The van der Waals surface area contributed by atoms with E-state index >= 15 is 0 Å². The normalized spacial score (nSPS) is 10.6. The van der Waals surface area contributed by atoms with E-state index in [1.165, 1.54) is 23.1 Å². The van der Waals surface area contributed by atoms with Gasteiger partial charge in [0.2, 0.25) is 5.91 Å². The van der Waals surface area contributed by atoms with E-state index in [4.69, 9.17) is 11.6 Å². The number of amides is 2. The van der Waals surface area contributed by atoms with Crippen molar-refractivity contribution in [2.45, 2.75) is 11.7 Å². The molecule has 2 amide bonds. The van der Waals surface area contributed by atoms with E-state index in [0.717, 1.165) is 0 Å². The van der Waals surface area contributed by atoms with E-state index in [1.54, 1.807) is 47.5 Å². The first-order valence-corrected chi connectivity index (χ1v) is 10.0. The van der Waals surface area contributed by atoms with Gasteiger partial charge in [-0.05, 0) is 12.1 Å². The number of benzene rings is 1. The van der Waals surface area contributed by atoms with Crippen LogP contribution < -0.4 is 10.6 Å². The number of hydrogen-bond donors (Lipinski definition) is 2. The number of halogens is 1. The summed E-state index contributed by atoms with van der Waals surface area (Å²) in [5, 5.41) is 16.9. The molecule has 0 bridgehead atoms. The standard InChI is InChI=1S/C16H15ClN6O2S2/c1-23-12(8-19-14(25)10-4-2-3-5-11(10)17)21-22-16(23)27-9-13(24)20-15-18-6-7-26-15/h2-7H,8-9H2,1H3,(H,19,25)(H,18,20,24). The summed E-state index contributed by atoms with van der Waals surface area (Å²) in [7, 11) is 1.78. The van der Waals surface area contributed by atoms with E-state index < -0.39 is 0 Å². The van der Waals surface area contributed by atoms with Gasteiger partial charge >= 0.3 is 0 Å². The maximum absolute atomic E-state index is 12.2. The van der Waals surface area contributed by atoms with Gasteiger partial charge in [0, 0.05) is 18.6 Å². The van der Waals surface area contributed by atoms with Crippen LogP contribution in [-0.4, -0.2) is 37.3 Å². The average Bonchev–Trinajstić information content (AvgIpc) is 3.28. The second-order valence-corrected chi connectivity index (χ2v) is 7.54. The summed E-state index contributed by atoms with van der Waals surface area (Å²) in [5.74, 6) is 0.280. The maximum atomic E-state index is 12.2. The van der Waals surface area contributed by atoms with E-state index in [-0.39, 0.29) is 24.1 Å². The molecule has 2 aromatic heterocycles. The minimum Gasteiger partial charge on any atom is -0.345 e. The number of anilines is 1. The highest BCUT2D eigenvalue weighted by Gasteiger charge is 2.14. The Morgan fingerprint density at radius 3 is 2.85 bits per heavy atom. The van der Waals surface area contributed by atoms with Crippen LogP contribution in [-0.2, 0) is 18.4 Å². The van der Waals surface area contributed by atoms with E-state index in [1.807, 2.05) is 0 Å².